The first kappa shape index (κ1) is 16.3. The summed E-state index contributed by atoms with van der Waals surface area (Å²) in [6.07, 6.45) is 0. The Hall–Kier alpha value is -2.60. The van der Waals surface area contributed by atoms with Crippen molar-refractivity contribution in [3.05, 3.63) is 70.1 Å². The lowest BCUT2D eigenvalue weighted by Crippen LogP contribution is -2.26. The molecule has 0 fully saturated rings. The average molecular weight is 342 g/mol. The zero-order chi connectivity index (χ0) is 16.9. The molecular weight excluding hydrogens is 324 g/mol. The van der Waals surface area contributed by atoms with Gasteiger partial charge in [0.05, 0.1) is 17.2 Å². The number of carbonyl (C=O) groups is 1. The molecule has 124 valence electrons. The Morgan fingerprint density at radius 2 is 2.08 bits per heavy atom. The van der Waals surface area contributed by atoms with Gasteiger partial charge in [-0.3, -0.25) is 4.79 Å². The molecule has 0 saturated heterocycles. The van der Waals surface area contributed by atoms with Gasteiger partial charge in [0.25, 0.3) is 5.91 Å². The summed E-state index contributed by atoms with van der Waals surface area (Å²) in [6, 6.07) is 10.6. The topological polar surface area (TPSA) is 64.4 Å². The van der Waals surface area contributed by atoms with Gasteiger partial charge in [0.2, 0.25) is 0 Å². The van der Waals surface area contributed by atoms with E-state index >= 15 is 0 Å². The highest BCUT2D eigenvalue weighted by Gasteiger charge is 2.14. The van der Waals surface area contributed by atoms with Crippen molar-refractivity contribution in [1.82, 2.24) is 10.3 Å². The molecular formula is C18H18N2O3S. The second kappa shape index (κ2) is 7.31. The van der Waals surface area contributed by atoms with Crippen molar-refractivity contribution in [3.8, 4) is 5.75 Å². The van der Waals surface area contributed by atoms with Gasteiger partial charge in [-0.05, 0) is 50.2 Å². The second-order valence-electron chi connectivity index (χ2n) is 5.44. The number of benzene rings is 1. The third kappa shape index (κ3) is 4.02. The number of hydrogen-bond donors (Lipinski definition) is 1. The number of carbonyl (C=O) groups excluding carboxylic acids is 1. The molecule has 1 aromatic carbocycles. The van der Waals surface area contributed by atoms with Gasteiger partial charge < -0.3 is 14.5 Å². The fraction of sp³-hybridized carbons (Fsp3) is 0.222. The smallest absolute Gasteiger partial charge is 0.251 e. The Bertz CT molecular complexity index is 794. The number of ether oxygens (including phenoxy) is 1. The van der Waals surface area contributed by atoms with Crippen molar-refractivity contribution < 1.29 is 13.9 Å². The summed E-state index contributed by atoms with van der Waals surface area (Å²) < 4.78 is 11.2. The van der Waals surface area contributed by atoms with Crippen LogP contribution >= 0.6 is 11.3 Å². The number of furan rings is 1. The van der Waals surface area contributed by atoms with Crippen molar-refractivity contribution in [2.75, 3.05) is 0 Å². The van der Waals surface area contributed by atoms with Crippen molar-refractivity contribution in [2.24, 2.45) is 0 Å². The van der Waals surface area contributed by atoms with E-state index in [1.807, 2.05) is 31.4 Å². The van der Waals surface area contributed by atoms with Gasteiger partial charge >= 0.3 is 0 Å². The number of aromatic nitrogens is 1. The molecule has 0 spiro atoms. The molecule has 1 amide bonds. The van der Waals surface area contributed by atoms with Crippen LogP contribution in [-0.4, -0.2) is 10.9 Å². The largest absolute Gasteiger partial charge is 0.487 e. The first-order valence-electron chi connectivity index (χ1n) is 7.59. The fourth-order valence-corrected chi connectivity index (χ4v) is 2.75. The predicted molar refractivity (Wildman–Crippen MR) is 92.2 cm³/mol. The van der Waals surface area contributed by atoms with E-state index in [0.717, 1.165) is 17.2 Å². The van der Waals surface area contributed by atoms with Gasteiger partial charge in [-0.25, -0.2) is 4.98 Å². The van der Waals surface area contributed by atoms with Gasteiger partial charge in [0.15, 0.2) is 0 Å². The molecule has 1 atom stereocenters. The summed E-state index contributed by atoms with van der Waals surface area (Å²) in [6.45, 7) is 4.19. The Morgan fingerprint density at radius 3 is 2.71 bits per heavy atom. The molecule has 5 nitrogen and oxygen atoms in total. The van der Waals surface area contributed by atoms with E-state index in [4.69, 9.17) is 9.15 Å². The third-order valence-corrected chi connectivity index (χ3v) is 4.16. The maximum atomic E-state index is 12.3. The Labute approximate surface area is 144 Å². The van der Waals surface area contributed by atoms with Crippen molar-refractivity contribution in [3.63, 3.8) is 0 Å². The Morgan fingerprint density at radius 1 is 1.29 bits per heavy atom. The van der Waals surface area contributed by atoms with Gasteiger partial charge in [0.1, 0.15) is 23.9 Å². The van der Waals surface area contributed by atoms with E-state index < -0.39 is 0 Å². The molecule has 1 N–H and O–H groups in total. The molecule has 3 aromatic rings. The minimum Gasteiger partial charge on any atom is -0.487 e. The lowest BCUT2D eigenvalue weighted by Gasteiger charge is -2.12. The lowest BCUT2D eigenvalue weighted by atomic mass is 10.2. The molecule has 3 rings (SSSR count). The average Bonchev–Trinajstić information content (AvgIpc) is 3.25. The van der Waals surface area contributed by atoms with E-state index in [0.29, 0.717) is 17.9 Å². The SMILES string of the molecule is Cc1ccc(C(C)NC(=O)c2ccc(OCc3cscn3)cc2)o1. The molecule has 0 aliphatic heterocycles. The third-order valence-electron chi connectivity index (χ3n) is 3.52. The van der Waals surface area contributed by atoms with Gasteiger partial charge in [-0.1, -0.05) is 0 Å². The van der Waals surface area contributed by atoms with E-state index in [2.05, 4.69) is 10.3 Å². The number of nitrogens with one attached hydrogen (secondary N) is 1. The summed E-state index contributed by atoms with van der Waals surface area (Å²) in [4.78, 5) is 16.4. The first-order chi connectivity index (χ1) is 11.6. The van der Waals surface area contributed by atoms with Crippen LogP contribution in [0.1, 0.15) is 40.5 Å². The molecule has 24 heavy (non-hydrogen) atoms. The van der Waals surface area contributed by atoms with Crippen LogP contribution in [0.2, 0.25) is 0 Å². The highest BCUT2D eigenvalue weighted by atomic mass is 32.1. The molecule has 1 unspecified atom stereocenters. The van der Waals surface area contributed by atoms with Crippen LogP contribution < -0.4 is 10.1 Å². The first-order valence-corrected chi connectivity index (χ1v) is 8.53. The maximum Gasteiger partial charge on any atom is 0.251 e. The highest BCUT2D eigenvalue weighted by molar-refractivity contribution is 7.07. The van der Waals surface area contributed by atoms with Gasteiger partial charge in [0, 0.05) is 10.9 Å². The minimum atomic E-state index is -0.188. The number of aryl methyl sites for hydroxylation is 1. The second-order valence-corrected chi connectivity index (χ2v) is 6.16. The zero-order valence-corrected chi connectivity index (χ0v) is 14.3. The normalized spacial score (nSPS) is 11.9. The number of amides is 1. The van der Waals surface area contributed by atoms with Crippen molar-refractivity contribution >= 4 is 17.2 Å². The number of thiazole rings is 1. The standard InChI is InChI=1S/C18H18N2O3S/c1-12-3-8-17(23-12)13(2)20-18(21)14-4-6-16(7-5-14)22-9-15-10-24-11-19-15/h3-8,10-11,13H,9H2,1-2H3,(H,20,21). The Balaban J connectivity index is 1.57. The summed E-state index contributed by atoms with van der Waals surface area (Å²) in [5.41, 5.74) is 3.24. The molecule has 2 heterocycles. The highest BCUT2D eigenvalue weighted by Crippen LogP contribution is 2.18. The summed E-state index contributed by atoms with van der Waals surface area (Å²) in [5, 5.41) is 4.86. The number of rotatable bonds is 6. The molecule has 6 heteroatoms. The fourth-order valence-electron chi connectivity index (χ4n) is 2.21. The molecule has 0 aliphatic rings. The quantitative estimate of drug-likeness (QED) is 0.732. The summed E-state index contributed by atoms with van der Waals surface area (Å²) >= 11 is 1.53. The predicted octanol–water partition coefficient (Wildman–Crippen LogP) is 4.11. The van der Waals surface area contributed by atoms with Crippen LogP contribution in [0.3, 0.4) is 0 Å². The van der Waals surface area contributed by atoms with Crippen LogP contribution in [0.5, 0.6) is 5.75 Å². The number of hydrogen-bond acceptors (Lipinski definition) is 5. The molecule has 0 saturated carbocycles. The van der Waals surface area contributed by atoms with Crippen LogP contribution in [0.25, 0.3) is 0 Å². The lowest BCUT2D eigenvalue weighted by molar-refractivity contribution is 0.0935. The molecule has 0 bridgehead atoms. The van der Waals surface area contributed by atoms with E-state index in [1.165, 1.54) is 11.3 Å². The number of nitrogens with zero attached hydrogens (tertiary/aromatic N) is 1. The van der Waals surface area contributed by atoms with Gasteiger partial charge in [-0.2, -0.15) is 0 Å². The van der Waals surface area contributed by atoms with Crippen LogP contribution in [0.15, 0.2) is 51.7 Å². The molecule has 0 aliphatic carbocycles. The maximum absolute atomic E-state index is 12.3. The summed E-state index contributed by atoms with van der Waals surface area (Å²) in [7, 11) is 0. The monoisotopic (exact) mass is 342 g/mol. The summed E-state index contributed by atoms with van der Waals surface area (Å²) in [5.74, 6) is 2.12. The van der Waals surface area contributed by atoms with Crippen molar-refractivity contribution in [1.29, 1.82) is 0 Å². The molecule has 0 radical (unpaired) electrons. The van der Waals surface area contributed by atoms with E-state index in [-0.39, 0.29) is 11.9 Å². The minimum absolute atomic E-state index is 0.150. The van der Waals surface area contributed by atoms with E-state index in [9.17, 15) is 4.79 Å². The zero-order valence-electron chi connectivity index (χ0n) is 13.5. The van der Waals surface area contributed by atoms with E-state index in [1.54, 1.807) is 29.8 Å². The van der Waals surface area contributed by atoms with Crippen LogP contribution in [-0.2, 0) is 6.61 Å². The van der Waals surface area contributed by atoms with Gasteiger partial charge in [-0.15, -0.1) is 11.3 Å². The van der Waals surface area contributed by atoms with Crippen LogP contribution in [0, 0.1) is 6.92 Å². The Kier molecular flexibility index (Phi) is 4.96. The van der Waals surface area contributed by atoms with Crippen LogP contribution in [0.4, 0.5) is 0 Å². The molecule has 2 aromatic heterocycles. The van der Waals surface area contributed by atoms with Crippen molar-refractivity contribution in [2.45, 2.75) is 26.5 Å².